The lowest BCUT2D eigenvalue weighted by Gasteiger charge is -2.26. The highest BCUT2D eigenvalue weighted by Crippen LogP contribution is 2.17. The lowest BCUT2D eigenvalue weighted by atomic mass is 9.98. The van der Waals surface area contributed by atoms with Crippen molar-refractivity contribution < 1.29 is 0 Å². The molecule has 0 aliphatic rings. The molecule has 0 amide bonds. The third-order valence-electron chi connectivity index (χ3n) is 2.94. The van der Waals surface area contributed by atoms with Gasteiger partial charge in [0.05, 0.1) is 0 Å². The summed E-state index contributed by atoms with van der Waals surface area (Å²) in [7, 11) is 0. The first-order valence-electron chi connectivity index (χ1n) is 5.94. The molecule has 0 saturated carbocycles. The highest BCUT2D eigenvalue weighted by molar-refractivity contribution is 6.30. The zero-order valence-corrected chi connectivity index (χ0v) is 11.5. The van der Waals surface area contributed by atoms with Crippen molar-refractivity contribution >= 4 is 11.6 Å². The van der Waals surface area contributed by atoms with Crippen LogP contribution >= 0.6 is 11.6 Å². The summed E-state index contributed by atoms with van der Waals surface area (Å²) >= 11 is 5.94. The van der Waals surface area contributed by atoms with Gasteiger partial charge in [-0.05, 0) is 50.5 Å². The first-order chi connectivity index (χ1) is 7.44. The topological polar surface area (TPSA) is 12.0 Å². The number of nitrogens with one attached hydrogen (secondary N) is 1. The average Bonchev–Trinajstić information content (AvgIpc) is 2.16. The van der Waals surface area contributed by atoms with E-state index >= 15 is 0 Å². The van der Waals surface area contributed by atoms with Gasteiger partial charge < -0.3 is 5.32 Å². The van der Waals surface area contributed by atoms with Crippen LogP contribution in [-0.2, 0) is 6.54 Å². The van der Waals surface area contributed by atoms with Crippen LogP contribution in [0.25, 0.3) is 0 Å². The zero-order chi connectivity index (χ0) is 12.2. The summed E-state index contributed by atoms with van der Waals surface area (Å²) in [5.41, 5.74) is 2.79. The van der Waals surface area contributed by atoms with Crippen molar-refractivity contribution in [2.75, 3.05) is 0 Å². The molecule has 1 N–H and O–H groups in total. The summed E-state index contributed by atoms with van der Waals surface area (Å²) in [5, 5.41) is 4.41. The first-order valence-corrected chi connectivity index (χ1v) is 6.32. The molecule has 1 aromatic carbocycles. The fraction of sp³-hybridized carbons (Fsp3) is 0.571. The lowest BCUT2D eigenvalue weighted by molar-refractivity contribution is 0.356. The Kier molecular flexibility index (Phi) is 4.82. The maximum Gasteiger partial charge on any atom is 0.0408 e. The van der Waals surface area contributed by atoms with Crippen LogP contribution in [0.5, 0.6) is 0 Å². The van der Waals surface area contributed by atoms with Gasteiger partial charge in [-0.3, -0.25) is 0 Å². The standard InChI is InChI=1S/C14H22ClN/c1-5-8-14(3,4)16-10-12-6-7-13(15)9-11(12)2/h6-7,9,16H,5,8,10H2,1-4H3. The van der Waals surface area contributed by atoms with E-state index in [1.165, 1.54) is 24.0 Å². The van der Waals surface area contributed by atoms with Gasteiger partial charge >= 0.3 is 0 Å². The summed E-state index contributed by atoms with van der Waals surface area (Å²) in [6.07, 6.45) is 2.40. The lowest BCUT2D eigenvalue weighted by Crippen LogP contribution is -2.38. The molecular formula is C14H22ClN. The van der Waals surface area contributed by atoms with Gasteiger partial charge in [-0.25, -0.2) is 0 Å². The van der Waals surface area contributed by atoms with Crippen LogP contribution in [-0.4, -0.2) is 5.54 Å². The Morgan fingerprint density at radius 2 is 2.00 bits per heavy atom. The molecule has 0 radical (unpaired) electrons. The predicted octanol–water partition coefficient (Wildman–Crippen LogP) is 4.32. The number of aryl methyl sites for hydroxylation is 1. The van der Waals surface area contributed by atoms with Crippen LogP contribution in [0.15, 0.2) is 18.2 Å². The van der Waals surface area contributed by atoms with Gasteiger partial charge in [0.1, 0.15) is 0 Å². The maximum absolute atomic E-state index is 5.94. The average molecular weight is 240 g/mol. The summed E-state index contributed by atoms with van der Waals surface area (Å²) in [6.45, 7) is 9.74. The van der Waals surface area contributed by atoms with E-state index in [0.717, 1.165) is 11.6 Å². The molecule has 0 bridgehead atoms. The fourth-order valence-electron chi connectivity index (χ4n) is 1.91. The van der Waals surface area contributed by atoms with Gasteiger partial charge in [0.15, 0.2) is 0 Å². The van der Waals surface area contributed by atoms with E-state index in [4.69, 9.17) is 11.6 Å². The molecule has 0 heterocycles. The number of hydrogen-bond donors (Lipinski definition) is 1. The molecule has 0 aliphatic carbocycles. The van der Waals surface area contributed by atoms with Gasteiger partial charge in [-0.2, -0.15) is 0 Å². The normalized spacial score (nSPS) is 11.8. The van der Waals surface area contributed by atoms with Crippen LogP contribution in [0.3, 0.4) is 0 Å². The van der Waals surface area contributed by atoms with E-state index in [0.29, 0.717) is 0 Å². The highest BCUT2D eigenvalue weighted by atomic mass is 35.5. The Morgan fingerprint density at radius 1 is 1.31 bits per heavy atom. The van der Waals surface area contributed by atoms with Gasteiger partial charge in [0, 0.05) is 17.1 Å². The van der Waals surface area contributed by atoms with Crippen molar-refractivity contribution in [1.82, 2.24) is 5.32 Å². The Bertz CT molecular complexity index is 345. The first kappa shape index (κ1) is 13.5. The quantitative estimate of drug-likeness (QED) is 0.807. The third kappa shape index (κ3) is 4.15. The summed E-state index contributed by atoms with van der Waals surface area (Å²) in [4.78, 5) is 0. The molecule has 0 aromatic heterocycles. The minimum absolute atomic E-state index is 0.209. The Balaban J connectivity index is 2.61. The summed E-state index contributed by atoms with van der Waals surface area (Å²) in [6, 6.07) is 6.08. The second kappa shape index (κ2) is 5.70. The van der Waals surface area contributed by atoms with Crippen molar-refractivity contribution in [3.05, 3.63) is 34.3 Å². The Labute approximate surface area is 104 Å². The van der Waals surface area contributed by atoms with Crippen molar-refractivity contribution in [1.29, 1.82) is 0 Å². The number of rotatable bonds is 5. The van der Waals surface area contributed by atoms with E-state index in [1.54, 1.807) is 0 Å². The third-order valence-corrected chi connectivity index (χ3v) is 3.17. The molecule has 0 spiro atoms. The van der Waals surface area contributed by atoms with Crippen LogP contribution in [0.2, 0.25) is 5.02 Å². The van der Waals surface area contributed by atoms with Crippen molar-refractivity contribution in [2.45, 2.75) is 52.6 Å². The SMILES string of the molecule is CCCC(C)(C)NCc1ccc(Cl)cc1C. The van der Waals surface area contributed by atoms with Crippen molar-refractivity contribution in [2.24, 2.45) is 0 Å². The fourth-order valence-corrected chi connectivity index (χ4v) is 2.13. The van der Waals surface area contributed by atoms with E-state index in [1.807, 2.05) is 12.1 Å². The molecule has 90 valence electrons. The molecule has 0 unspecified atom stereocenters. The zero-order valence-electron chi connectivity index (χ0n) is 10.7. The molecule has 0 atom stereocenters. The van der Waals surface area contributed by atoms with E-state index in [-0.39, 0.29) is 5.54 Å². The van der Waals surface area contributed by atoms with E-state index in [9.17, 15) is 0 Å². The molecular weight excluding hydrogens is 218 g/mol. The molecule has 0 saturated heterocycles. The van der Waals surface area contributed by atoms with Crippen LogP contribution in [0.1, 0.15) is 44.7 Å². The molecule has 1 aromatic rings. The summed E-state index contributed by atoms with van der Waals surface area (Å²) < 4.78 is 0. The minimum Gasteiger partial charge on any atom is -0.308 e. The van der Waals surface area contributed by atoms with Gasteiger partial charge in [0.2, 0.25) is 0 Å². The smallest absolute Gasteiger partial charge is 0.0408 e. The van der Waals surface area contributed by atoms with Gasteiger partial charge in [-0.1, -0.05) is 31.0 Å². The van der Waals surface area contributed by atoms with Crippen molar-refractivity contribution in [3.63, 3.8) is 0 Å². The van der Waals surface area contributed by atoms with Crippen LogP contribution in [0.4, 0.5) is 0 Å². The second-order valence-electron chi connectivity index (χ2n) is 5.06. The van der Waals surface area contributed by atoms with E-state index < -0.39 is 0 Å². The number of benzene rings is 1. The summed E-state index contributed by atoms with van der Waals surface area (Å²) in [5.74, 6) is 0. The van der Waals surface area contributed by atoms with Crippen LogP contribution < -0.4 is 5.32 Å². The molecule has 0 fully saturated rings. The number of hydrogen-bond acceptors (Lipinski definition) is 1. The predicted molar refractivity (Wildman–Crippen MR) is 72.0 cm³/mol. The Morgan fingerprint density at radius 3 is 2.56 bits per heavy atom. The molecule has 2 heteroatoms. The number of halogens is 1. The van der Waals surface area contributed by atoms with E-state index in [2.05, 4.69) is 39.1 Å². The molecule has 16 heavy (non-hydrogen) atoms. The van der Waals surface area contributed by atoms with Crippen LogP contribution in [0, 0.1) is 6.92 Å². The maximum atomic E-state index is 5.94. The monoisotopic (exact) mass is 239 g/mol. The van der Waals surface area contributed by atoms with Gasteiger partial charge in [-0.15, -0.1) is 0 Å². The highest BCUT2D eigenvalue weighted by Gasteiger charge is 2.15. The molecule has 1 rings (SSSR count). The molecule has 0 aliphatic heterocycles. The minimum atomic E-state index is 0.209. The Hall–Kier alpha value is -0.530. The largest absolute Gasteiger partial charge is 0.308 e. The second-order valence-corrected chi connectivity index (χ2v) is 5.49. The van der Waals surface area contributed by atoms with Gasteiger partial charge in [0.25, 0.3) is 0 Å². The molecule has 1 nitrogen and oxygen atoms in total. The van der Waals surface area contributed by atoms with Crippen molar-refractivity contribution in [3.8, 4) is 0 Å².